The first kappa shape index (κ1) is 13.9. The summed E-state index contributed by atoms with van der Waals surface area (Å²) >= 11 is 6.04. The van der Waals surface area contributed by atoms with E-state index in [2.05, 4.69) is 13.8 Å². The van der Waals surface area contributed by atoms with Gasteiger partial charge in [-0.2, -0.15) is 0 Å². The van der Waals surface area contributed by atoms with E-state index >= 15 is 0 Å². The Morgan fingerprint density at radius 1 is 1.00 bits per heavy atom. The molecule has 0 bridgehead atoms. The van der Waals surface area contributed by atoms with Crippen LogP contribution in [0.25, 0.3) is 0 Å². The third-order valence-electron chi connectivity index (χ3n) is 1.74. The maximum Gasteiger partial charge on any atom is 0.0814 e. The van der Waals surface area contributed by atoms with Crippen molar-refractivity contribution in [3.8, 4) is 0 Å². The van der Waals surface area contributed by atoms with Crippen molar-refractivity contribution in [1.29, 1.82) is 0 Å². The van der Waals surface area contributed by atoms with Gasteiger partial charge in [-0.1, -0.05) is 39.5 Å². The molecule has 0 aromatic rings. The van der Waals surface area contributed by atoms with Gasteiger partial charge < -0.3 is 0 Å². The summed E-state index contributed by atoms with van der Waals surface area (Å²) < 4.78 is 0. The van der Waals surface area contributed by atoms with Gasteiger partial charge in [0.05, 0.1) is 8.41 Å². The largest absolute Gasteiger partial charge is 0.123 e. The molecule has 0 aliphatic carbocycles. The first-order chi connectivity index (χ1) is 4.81. The number of hydrogen-bond donors (Lipinski definition) is 0. The second kappa shape index (κ2) is 10.4. The average Bonchev–Trinajstić information content (AvgIpc) is 1.97. The van der Waals surface area contributed by atoms with Crippen molar-refractivity contribution in [3.63, 3.8) is 0 Å². The van der Waals surface area contributed by atoms with E-state index in [0.29, 0.717) is 5.38 Å². The second-order valence-electron chi connectivity index (χ2n) is 2.88. The van der Waals surface area contributed by atoms with Crippen LogP contribution in [0.3, 0.4) is 0 Å². The van der Waals surface area contributed by atoms with Gasteiger partial charge in [0.25, 0.3) is 0 Å². The summed E-state index contributed by atoms with van der Waals surface area (Å²) in [5.74, 6) is 0. The van der Waals surface area contributed by atoms with Gasteiger partial charge in [-0.15, -0.1) is 11.6 Å². The van der Waals surface area contributed by atoms with Crippen LogP contribution in [0.4, 0.5) is 0 Å². The lowest BCUT2D eigenvalue weighted by Gasteiger charge is -2.06. The third kappa shape index (κ3) is 10.4. The fourth-order valence-electron chi connectivity index (χ4n) is 0.996. The highest BCUT2D eigenvalue weighted by atomic mass is 35.5. The van der Waals surface area contributed by atoms with Crippen molar-refractivity contribution in [2.45, 2.75) is 57.7 Å². The van der Waals surface area contributed by atoms with Gasteiger partial charge in [0.15, 0.2) is 0 Å². The van der Waals surface area contributed by atoms with Crippen molar-refractivity contribution in [2.75, 3.05) is 0 Å². The smallest absolute Gasteiger partial charge is 0.0814 e. The molecule has 0 aromatic heterocycles. The molecule has 0 unspecified atom stereocenters. The van der Waals surface area contributed by atoms with Gasteiger partial charge in [-0.25, -0.2) is 0 Å². The highest BCUT2D eigenvalue weighted by Gasteiger charge is 2.01. The van der Waals surface area contributed by atoms with E-state index in [1.165, 1.54) is 38.5 Å². The van der Waals surface area contributed by atoms with Crippen LogP contribution in [0.1, 0.15) is 52.4 Å². The van der Waals surface area contributed by atoms with Crippen molar-refractivity contribution < 1.29 is 0 Å². The van der Waals surface area contributed by atoms with Crippen LogP contribution in [0.15, 0.2) is 0 Å². The van der Waals surface area contributed by atoms with E-state index in [-0.39, 0.29) is 8.41 Å². The zero-order chi connectivity index (χ0) is 7.82. The third-order valence-corrected chi connectivity index (χ3v) is 2.18. The van der Waals surface area contributed by atoms with Gasteiger partial charge in [0.1, 0.15) is 0 Å². The van der Waals surface area contributed by atoms with Crippen LogP contribution < -0.4 is 0 Å². The zero-order valence-corrected chi connectivity index (χ0v) is 7.95. The first-order valence-corrected chi connectivity index (χ1v) is 4.89. The van der Waals surface area contributed by atoms with Crippen LogP contribution in [-0.4, -0.2) is 13.8 Å². The molecule has 0 aliphatic rings. The first-order valence-electron chi connectivity index (χ1n) is 4.45. The van der Waals surface area contributed by atoms with E-state index in [4.69, 9.17) is 11.6 Å². The monoisotopic (exact) mass is 176 g/mol. The molecule has 0 saturated carbocycles. The Kier molecular flexibility index (Phi) is 13.1. The Balaban J connectivity index is 0. The fourth-order valence-corrected chi connectivity index (χ4v) is 1.30. The Morgan fingerprint density at radius 2 is 1.36 bits per heavy atom. The molecule has 0 N–H and O–H groups in total. The molecule has 68 valence electrons. The lowest BCUT2D eigenvalue weighted by atomic mass is 10.1. The molecule has 0 saturated heterocycles. The Labute approximate surface area is 78.3 Å². The number of hydrogen-bond acceptors (Lipinski definition) is 0. The van der Waals surface area contributed by atoms with Gasteiger partial charge >= 0.3 is 0 Å². The minimum Gasteiger partial charge on any atom is -0.123 e. The van der Waals surface area contributed by atoms with E-state index in [9.17, 15) is 0 Å². The van der Waals surface area contributed by atoms with E-state index < -0.39 is 0 Å². The molecule has 0 heterocycles. The van der Waals surface area contributed by atoms with Crippen LogP contribution in [-0.2, 0) is 0 Å². The summed E-state index contributed by atoms with van der Waals surface area (Å²) in [4.78, 5) is 0. The summed E-state index contributed by atoms with van der Waals surface area (Å²) in [5, 5.41) is 0.444. The SMILES string of the molecule is B.CCCCC(Cl)CCCC. The van der Waals surface area contributed by atoms with Gasteiger partial charge in [-0.05, 0) is 12.8 Å². The molecule has 0 rings (SSSR count). The predicted octanol–water partition coefficient (Wildman–Crippen LogP) is 2.79. The standard InChI is InChI=1S/C9H19Cl.BH3/c1-3-5-7-9(10)8-6-4-2;/h9H,3-8H2,1-2H3;1H3. The fraction of sp³-hybridized carbons (Fsp3) is 1.00. The molecule has 0 spiro atoms. The van der Waals surface area contributed by atoms with Crippen LogP contribution in [0, 0.1) is 0 Å². The van der Waals surface area contributed by atoms with E-state index in [1.807, 2.05) is 0 Å². The van der Waals surface area contributed by atoms with Gasteiger partial charge in [-0.3, -0.25) is 0 Å². The molecule has 0 amide bonds. The molecule has 0 radical (unpaired) electrons. The molecule has 0 fully saturated rings. The van der Waals surface area contributed by atoms with Crippen molar-refractivity contribution in [1.82, 2.24) is 0 Å². The Morgan fingerprint density at radius 3 is 1.64 bits per heavy atom. The maximum absolute atomic E-state index is 6.04. The molecular weight excluding hydrogens is 154 g/mol. The number of alkyl halides is 1. The lowest BCUT2D eigenvalue weighted by molar-refractivity contribution is 0.609. The molecule has 0 atom stereocenters. The van der Waals surface area contributed by atoms with Crippen LogP contribution >= 0.6 is 11.6 Å². The normalized spacial score (nSPS) is 9.82. The number of unbranched alkanes of at least 4 members (excludes halogenated alkanes) is 2. The van der Waals surface area contributed by atoms with Gasteiger partial charge in [0.2, 0.25) is 0 Å². The molecule has 11 heavy (non-hydrogen) atoms. The summed E-state index contributed by atoms with van der Waals surface area (Å²) in [6.45, 7) is 4.42. The van der Waals surface area contributed by atoms with Crippen LogP contribution in [0.2, 0.25) is 0 Å². The van der Waals surface area contributed by atoms with Crippen molar-refractivity contribution >= 4 is 20.0 Å². The molecule has 0 nitrogen and oxygen atoms in total. The highest BCUT2D eigenvalue weighted by molar-refractivity contribution is 6.20. The summed E-state index contributed by atoms with van der Waals surface area (Å²) in [5.41, 5.74) is 0. The summed E-state index contributed by atoms with van der Waals surface area (Å²) in [6, 6.07) is 0. The van der Waals surface area contributed by atoms with Crippen molar-refractivity contribution in [3.05, 3.63) is 0 Å². The molecule has 0 aliphatic heterocycles. The molecule has 2 heteroatoms. The highest BCUT2D eigenvalue weighted by Crippen LogP contribution is 2.13. The Hall–Kier alpha value is 0.355. The maximum atomic E-state index is 6.04. The van der Waals surface area contributed by atoms with E-state index in [0.717, 1.165) is 0 Å². The number of rotatable bonds is 6. The second-order valence-corrected chi connectivity index (χ2v) is 3.50. The van der Waals surface area contributed by atoms with Gasteiger partial charge in [0, 0.05) is 5.38 Å². The van der Waals surface area contributed by atoms with E-state index in [1.54, 1.807) is 0 Å². The number of halogens is 1. The Bertz CT molecular complexity index is 58.6. The molecule has 0 aromatic carbocycles. The predicted molar refractivity (Wildman–Crippen MR) is 58.6 cm³/mol. The quantitative estimate of drug-likeness (QED) is 0.431. The summed E-state index contributed by atoms with van der Waals surface area (Å²) in [7, 11) is 0. The van der Waals surface area contributed by atoms with Crippen molar-refractivity contribution in [2.24, 2.45) is 0 Å². The lowest BCUT2D eigenvalue weighted by Crippen LogP contribution is -1.97. The summed E-state index contributed by atoms with van der Waals surface area (Å²) in [6.07, 6.45) is 7.54. The molecular formula is C9H22BCl. The average molecular weight is 177 g/mol. The topological polar surface area (TPSA) is 0 Å². The minimum atomic E-state index is 0. The zero-order valence-electron chi connectivity index (χ0n) is 7.20. The van der Waals surface area contributed by atoms with Crippen LogP contribution in [0.5, 0.6) is 0 Å². The minimum absolute atomic E-state index is 0.